The Bertz CT molecular complexity index is 673. The summed E-state index contributed by atoms with van der Waals surface area (Å²) in [7, 11) is -13.1. The third-order valence-corrected chi connectivity index (χ3v) is 5.19. The van der Waals surface area contributed by atoms with Gasteiger partial charge in [0.05, 0.1) is 0 Å². The van der Waals surface area contributed by atoms with Crippen molar-refractivity contribution < 1.29 is 62.6 Å². The largest absolute Gasteiger partial charge is 0.501 e. The summed E-state index contributed by atoms with van der Waals surface area (Å²) in [6, 6.07) is 0. The van der Waals surface area contributed by atoms with Gasteiger partial charge >= 0.3 is 23.0 Å². The standard InChI is InChI=1S/C7H6F6O8S2/c8-6(9,10)22(17,18)2-5(21-4(16)1-3(14)15)23(19,20)7(11,12)13/h5H,1-2H2,(H,14,15). The third-order valence-electron chi connectivity index (χ3n) is 1.94. The van der Waals surface area contributed by atoms with Crippen molar-refractivity contribution in [2.75, 3.05) is 5.75 Å². The van der Waals surface area contributed by atoms with Crippen LogP contribution in [0.1, 0.15) is 6.42 Å². The van der Waals surface area contributed by atoms with Crippen LogP contribution in [0.2, 0.25) is 0 Å². The molecule has 0 aliphatic rings. The second kappa shape index (κ2) is 6.50. The smallest absolute Gasteiger partial charge is 0.481 e. The zero-order valence-corrected chi connectivity index (χ0v) is 12.0. The first kappa shape index (κ1) is 21.4. The van der Waals surface area contributed by atoms with Gasteiger partial charge in [-0.2, -0.15) is 26.3 Å². The third kappa shape index (κ3) is 5.52. The molecule has 0 saturated carbocycles. The average molecular weight is 396 g/mol. The molecule has 0 aromatic carbocycles. The molecule has 136 valence electrons. The summed E-state index contributed by atoms with van der Waals surface area (Å²) < 4.78 is 120. The lowest BCUT2D eigenvalue weighted by Crippen LogP contribution is -2.44. The number of carbonyl (C=O) groups is 2. The van der Waals surface area contributed by atoms with E-state index in [4.69, 9.17) is 5.11 Å². The molecular formula is C7H6F6O8S2. The van der Waals surface area contributed by atoms with Gasteiger partial charge in [0.25, 0.3) is 19.7 Å². The van der Waals surface area contributed by atoms with Gasteiger partial charge in [0, 0.05) is 0 Å². The lowest BCUT2D eigenvalue weighted by molar-refractivity contribution is -0.152. The van der Waals surface area contributed by atoms with Crippen molar-refractivity contribution in [1.82, 2.24) is 0 Å². The number of alkyl halides is 6. The molecule has 0 spiro atoms. The predicted octanol–water partition coefficient (Wildman–Crippen LogP) is 0.200. The molecule has 1 unspecified atom stereocenters. The Morgan fingerprint density at radius 3 is 1.70 bits per heavy atom. The van der Waals surface area contributed by atoms with Gasteiger partial charge in [0.1, 0.15) is 12.2 Å². The maximum Gasteiger partial charge on any atom is 0.501 e. The highest BCUT2D eigenvalue weighted by Crippen LogP contribution is 2.32. The van der Waals surface area contributed by atoms with E-state index in [1.54, 1.807) is 0 Å². The van der Waals surface area contributed by atoms with Crippen LogP contribution in [0.4, 0.5) is 26.3 Å². The highest BCUT2D eigenvalue weighted by atomic mass is 32.2. The van der Waals surface area contributed by atoms with Crippen LogP contribution >= 0.6 is 0 Å². The number of esters is 1. The Hall–Kier alpha value is -1.58. The number of ether oxygens (including phenoxy) is 1. The van der Waals surface area contributed by atoms with Gasteiger partial charge in [-0.05, 0) is 0 Å². The Kier molecular flexibility index (Phi) is 6.05. The average Bonchev–Trinajstić information content (AvgIpc) is 2.22. The normalized spacial score (nSPS) is 15.0. The van der Waals surface area contributed by atoms with E-state index < -0.39 is 60.2 Å². The number of aliphatic carboxylic acids is 1. The minimum Gasteiger partial charge on any atom is -0.481 e. The minimum atomic E-state index is -6.68. The summed E-state index contributed by atoms with van der Waals surface area (Å²) in [6.45, 7) is 0. The molecule has 1 atom stereocenters. The minimum absolute atomic E-state index is 1.70. The van der Waals surface area contributed by atoms with Crippen LogP contribution in [0.5, 0.6) is 0 Å². The molecule has 0 saturated heterocycles. The molecule has 0 aromatic rings. The molecule has 0 bridgehead atoms. The summed E-state index contributed by atoms with van der Waals surface area (Å²) in [5, 5.41) is 8.15. The van der Waals surface area contributed by atoms with Gasteiger partial charge in [-0.15, -0.1) is 0 Å². The van der Waals surface area contributed by atoms with E-state index in [2.05, 4.69) is 4.74 Å². The van der Waals surface area contributed by atoms with E-state index >= 15 is 0 Å². The molecule has 0 aliphatic carbocycles. The number of carboxylic acids is 1. The van der Waals surface area contributed by atoms with E-state index in [0.717, 1.165) is 0 Å². The zero-order chi connectivity index (χ0) is 18.9. The van der Waals surface area contributed by atoms with Crippen molar-refractivity contribution in [2.24, 2.45) is 0 Å². The summed E-state index contributed by atoms with van der Waals surface area (Å²) >= 11 is 0. The van der Waals surface area contributed by atoms with Crippen LogP contribution in [0.3, 0.4) is 0 Å². The molecular weight excluding hydrogens is 390 g/mol. The number of rotatable bonds is 6. The molecule has 0 aromatic heterocycles. The number of hydrogen-bond donors (Lipinski definition) is 1. The monoisotopic (exact) mass is 396 g/mol. The van der Waals surface area contributed by atoms with Crippen LogP contribution in [0.25, 0.3) is 0 Å². The Balaban J connectivity index is 5.77. The molecule has 1 N–H and O–H groups in total. The first-order valence-electron chi connectivity index (χ1n) is 4.92. The first-order chi connectivity index (χ1) is 9.92. The Morgan fingerprint density at radius 1 is 0.957 bits per heavy atom. The van der Waals surface area contributed by atoms with E-state index in [1.807, 2.05) is 0 Å². The summed E-state index contributed by atoms with van der Waals surface area (Å²) in [5.74, 6) is -6.95. The van der Waals surface area contributed by atoms with Crippen LogP contribution in [0, 0.1) is 0 Å². The topological polar surface area (TPSA) is 132 Å². The Morgan fingerprint density at radius 2 is 1.39 bits per heavy atom. The predicted molar refractivity (Wildman–Crippen MR) is 56.9 cm³/mol. The summed E-state index contributed by atoms with van der Waals surface area (Å²) in [6.07, 6.45) is -1.70. The zero-order valence-electron chi connectivity index (χ0n) is 10.4. The van der Waals surface area contributed by atoms with Crippen molar-refractivity contribution in [2.45, 2.75) is 22.9 Å². The molecule has 0 aliphatic heterocycles. The van der Waals surface area contributed by atoms with E-state index in [0.29, 0.717) is 0 Å². The second-order valence-electron chi connectivity index (χ2n) is 3.71. The molecule has 8 nitrogen and oxygen atoms in total. The van der Waals surface area contributed by atoms with Crippen molar-refractivity contribution in [3.05, 3.63) is 0 Å². The number of halogens is 6. The van der Waals surface area contributed by atoms with Gasteiger partial charge in [-0.3, -0.25) is 9.59 Å². The lowest BCUT2D eigenvalue weighted by Gasteiger charge is -2.20. The number of carbonyl (C=O) groups excluding carboxylic acids is 1. The fraction of sp³-hybridized carbons (Fsp3) is 0.714. The number of sulfone groups is 2. The SMILES string of the molecule is O=C(O)CC(=O)OC(CS(=O)(=O)C(F)(F)F)S(=O)(=O)C(F)(F)F. The molecule has 23 heavy (non-hydrogen) atoms. The van der Waals surface area contributed by atoms with E-state index in [9.17, 15) is 52.8 Å². The van der Waals surface area contributed by atoms with Gasteiger partial charge in [-0.1, -0.05) is 0 Å². The molecule has 0 fully saturated rings. The first-order valence-corrected chi connectivity index (χ1v) is 8.12. The fourth-order valence-corrected chi connectivity index (χ4v) is 3.32. The van der Waals surface area contributed by atoms with Gasteiger partial charge in [0.2, 0.25) is 5.44 Å². The van der Waals surface area contributed by atoms with Gasteiger partial charge < -0.3 is 9.84 Å². The maximum absolute atomic E-state index is 12.3. The number of hydrogen-bond acceptors (Lipinski definition) is 7. The molecule has 0 radical (unpaired) electrons. The van der Waals surface area contributed by atoms with Crippen molar-refractivity contribution >= 4 is 31.6 Å². The van der Waals surface area contributed by atoms with Crippen LogP contribution in [0.15, 0.2) is 0 Å². The highest BCUT2D eigenvalue weighted by Gasteiger charge is 2.57. The van der Waals surface area contributed by atoms with Crippen molar-refractivity contribution in [1.29, 1.82) is 0 Å². The van der Waals surface area contributed by atoms with E-state index in [1.165, 1.54) is 0 Å². The molecule has 0 heterocycles. The van der Waals surface area contributed by atoms with Gasteiger partial charge in [0.15, 0.2) is 0 Å². The quantitative estimate of drug-likeness (QED) is 0.383. The van der Waals surface area contributed by atoms with E-state index in [-0.39, 0.29) is 0 Å². The lowest BCUT2D eigenvalue weighted by atomic mass is 10.4. The maximum atomic E-state index is 12.3. The van der Waals surface area contributed by atoms with Crippen molar-refractivity contribution in [3.8, 4) is 0 Å². The van der Waals surface area contributed by atoms with Crippen LogP contribution in [-0.4, -0.2) is 56.1 Å². The fourth-order valence-electron chi connectivity index (χ4n) is 0.921. The molecule has 0 rings (SSSR count). The Labute approximate surface area is 123 Å². The summed E-state index contributed by atoms with van der Waals surface area (Å²) in [5.41, 5.74) is -16.2. The van der Waals surface area contributed by atoms with Gasteiger partial charge in [-0.25, -0.2) is 16.8 Å². The molecule has 0 amide bonds. The molecule has 16 heteroatoms. The summed E-state index contributed by atoms with van der Waals surface area (Å²) in [4.78, 5) is 21.0. The van der Waals surface area contributed by atoms with Crippen molar-refractivity contribution in [3.63, 3.8) is 0 Å². The number of carboxylic acid groups (broad SMARTS) is 1. The second-order valence-corrected chi connectivity index (χ2v) is 7.81. The van der Waals surface area contributed by atoms with Crippen LogP contribution < -0.4 is 0 Å². The highest BCUT2D eigenvalue weighted by molar-refractivity contribution is 7.96. The van der Waals surface area contributed by atoms with Crippen LogP contribution in [-0.2, 0) is 34.0 Å².